The molecule has 4 heterocycles. The van der Waals surface area contributed by atoms with Gasteiger partial charge in [0.15, 0.2) is 17.3 Å². The first-order valence-electron chi connectivity index (χ1n) is 13.8. The number of piperidine rings is 1. The number of benzene rings is 1. The molecule has 12 heteroatoms. The summed E-state index contributed by atoms with van der Waals surface area (Å²) in [5, 5.41) is 6.11. The van der Waals surface area contributed by atoms with Crippen molar-refractivity contribution in [3.05, 3.63) is 35.8 Å². The van der Waals surface area contributed by atoms with Gasteiger partial charge in [-0.25, -0.2) is 23.1 Å². The van der Waals surface area contributed by atoms with Gasteiger partial charge in [0.2, 0.25) is 17.8 Å². The fourth-order valence-corrected chi connectivity index (χ4v) is 5.93. The molecule has 0 radical (unpaired) electrons. The minimum Gasteiger partial charge on any atom is -0.379 e. The Hall–Kier alpha value is -3.41. The Morgan fingerprint density at radius 3 is 2.41 bits per heavy atom. The van der Waals surface area contributed by atoms with Gasteiger partial charge in [0.1, 0.15) is 17.0 Å². The van der Waals surface area contributed by atoms with Crippen LogP contribution in [0, 0.1) is 23.4 Å². The molecular weight excluding hydrogens is 511 g/mol. The predicted octanol–water partition coefficient (Wildman–Crippen LogP) is 4.93. The van der Waals surface area contributed by atoms with E-state index in [1.54, 1.807) is 10.8 Å². The zero-order chi connectivity index (χ0) is 26.9. The minimum atomic E-state index is -1.06. The highest BCUT2D eigenvalue weighted by molar-refractivity contribution is 5.79. The number of nitrogens with one attached hydrogen (secondary N) is 2. The van der Waals surface area contributed by atoms with E-state index < -0.39 is 23.1 Å². The van der Waals surface area contributed by atoms with Crippen molar-refractivity contribution in [3.8, 4) is 0 Å². The maximum atomic E-state index is 14.4. The zero-order valence-corrected chi connectivity index (χ0v) is 21.6. The van der Waals surface area contributed by atoms with Crippen LogP contribution in [-0.2, 0) is 9.53 Å². The highest BCUT2D eigenvalue weighted by Gasteiger charge is 2.31. The quantitative estimate of drug-likeness (QED) is 0.455. The molecule has 0 bridgehead atoms. The minimum absolute atomic E-state index is 0.0780. The van der Waals surface area contributed by atoms with E-state index in [0.717, 1.165) is 51.6 Å². The average Bonchev–Trinajstić information content (AvgIpc) is 3.58. The monoisotopic (exact) mass is 543 g/mol. The first kappa shape index (κ1) is 25.8. The summed E-state index contributed by atoms with van der Waals surface area (Å²) in [6.45, 7) is 2.69. The molecule has 2 aliphatic heterocycles. The Balaban J connectivity index is 1.20. The Morgan fingerprint density at radius 2 is 1.72 bits per heavy atom. The summed E-state index contributed by atoms with van der Waals surface area (Å²) < 4.78 is 49.6. The third-order valence-electron chi connectivity index (χ3n) is 8.02. The molecule has 3 fully saturated rings. The number of carbonyl (C=O) groups is 1. The zero-order valence-electron chi connectivity index (χ0n) is 21.6. The molecule has 9 nitrogen and oxygen atoms in total. The molecule has 0 spiro atoms. The molecule has 2 aromatic heterocycles. The van der Waals surface area contributed by atoms with E-state index in [0.29, 0.717) is 54.8 Å². The van der Waals surface area contributed by atoms with Crippen LogP contribution in [-0.4, -0.2) is 62.7 Å². The number of amides is 1. The number of carbonyl (C=O) groups excluding carboxylic acids is 1. The predicted molar refractivity (Wildman–Crippen MR) is 139 cm³/mol. The third-order valence-corrected chi connectivity index (χ3v) is 8.02. The molecule has 1 aliphatic carbocycles. The number of rotatable bonds is 6. The van der Waals surface area contributed by atoms with E-state index in [1.807, 2.05) is 4.90 Å². The van der Waals surface area contributed by atoms with Crippen LogP contribution in [0.5, 0.6) is 0 Å². The van der Waals surface area contributed by atoms with Crippen LogP contribution in [0.3, 0.4) is 0 Å². The lowest BCUT2D eigenvalue weighted by Gasteiger charge is -2.34. The maximum absolute atomic E-state index is 14.4. The number of fused-ring (bicyclic) bond motifs is 1. The van der Waals surface area contributed by atoms with Crippen molar-refractivity contribution in [2.75, 3.05) is 36.9 Å². The van der Waals surface area contributed by atoms with Crippen LogP contribution >= 0.6 is 0 Å². The van der Waals surface area contributed by atoms with Gasteiger partial charge >= 0.3 is 0 Å². The van der Waals surface area contributed by atoms with Crippen LogP contribution in [0.4, 0.5) is 30.8 Å². The molecule has 208 valence electrons. The SMILES string of the molecule is O=C([C@H]1CC[C@H](Nc2ncc3nc(Nc4c(F)cc(F)cc4F)n([C@@H]4CCOC4)c3n2)CC1)N1CCCCC1. The summed E-state index contributed by atoms with van der Waals surface area (Å²) in [5.74, 6) is -2.14. The first-order chi connectivity index (χ1) is 19.0. The number of nitrogens with zero attached hydrogens (tertiary/aromatic N) is 5. The fraction of sp³-hybridized carbons (Fsp3) is 0.556. The third kappa shape index (κ3) is 5.39. The molecule has 1 amide bonds. The number of halogens is 3. The number of imidazole rings is 1. The maximum Gasteiger partial charge on any atom is 0.225 e. The van der Waals surface area contributed by atoms with Gasteiger partial charge in [-0.15, -0.1) is 0 Å². The van der Waals surface area contributed by atoms with Crippen LogP contribution in [0.15, 0.2) is 18.3 Å². The highest BCUT2D eigenvalue weighted by atomic mass is 19.1. The van der Waals surface area contributed by atoms with Gasteiger partial charge in [0.25, 0.3) is 0 Å². The van der Waals surface area contributed by atoms with Crippen LogP contribution in [0.1, 0.15) is 57.4 Å². The Labute approximate surface area is 224 Å². The molecular formula is C27H32F3N7O2. The lowest BCUT2D eigenvalue weighted by molar-refractivity contribution is -0.137. The normalized spacial score (nSPS) is 23.8. The largest absolute Gasteiger partial charge is 0.379 e. The van der Waals surface area contributed by atoms with Crippen molar-refractivity contribution in [1.82, 2.24) is 24.4 Å². The molecule has 2 N–H and O–H groups in total. The molecule has 3 aliphatic rings. The van der Waals surface area contributed by atoms with Crippen molar-refractivity contribution in [3.63, 3.8) is 0 Å². The highest BCUT2D eigenvalue weighted by Crippen LogP contribution is 2.33. The van der Waals surface area contributed by atoms with Gasteiger partial charge in [0, 0.05) is 43.8 Å². The van der Waals surface area contributed by atoms with Crippen molar-refractivity contribution in [1.29, 1.82) is 0 Å². The van der Waals surface area contributed by atoms with Crippen LogP contribution < -0.4 is 10.6 Å². The Morgan fingerprint density at radius 1 is 0.974 bits per heavy atom. The first-order valence-corrected chi connectivity index (χ1v) is 13.8. The average molecular weight is 544 g/mol. The van der Waals surface area contributed by atoms with E-state index in [-0.39, 0.29) is 23.9 Å². The molecule has 0 unspecified atom stereocenters. The number of likely N-dealkylation sites (tertiary alicyclic amines) is 1. The number of hydrogen-bond acceptors (Lipinski definition) is 7. The molecule has 1 saturated carbocycles. The van der Waals surface area contributed by atoms with Gasteiger partial charge in [-0.1, -0.05) is 0 Å². The van der Waals surface area contributed by atoms with Crippen LogP contribution in [0.25, 0.3) is 11.2 Å². The Kier molecular flexibility index (Phi) is 7.28. The summed E-state index contributed by atoms with van der Waals surface area (Å²) in [6, 6.07) is 1.23. The topological polar surface area (TPSA) is 97.2 Å². The summed E-state index contributed by atoms with van der Waals surface area (Å²) >= 11 is 0. The Bertz CT molecular complexity index is 1320. The molecule has 3 aromatic rings. The number of hydrogen-bond donors (Lipinski definition) is 2. The fourth-order valence-electron chi connectivity index (χ4n) is 5.93. The van der Waals surface area contributed by atoms with Crippen molar-refractivity contribution in [2.24, 2.45) is 5.92 Å². The lowest BCUT2D eigenvalue weighted by atomic mass is 9.85. The molecule has 1 aromatic carbocycles. The summed E-state index contributed by atoms with van der Waals surface area (Å²) in [6.07, 6.45) is 8.99. The van der Waals surface area contributed by atoms with Gasteiger partial charge in [-0.3, -0.25) is 9.36 Å². The molecule has 1 atom stereocenters. The van der Waals surface area contributed by atoms with E-state index in [4.69, 9.17) is 9.72 Å². The summed E-state index contributed by atoms with van der Waals surface area (Å²) in [5.41, 5.74) is 0.463. The number of aromatic nitrogens is 4. The second kappa shape index (κ2) is 11.0. The van der Waals surface area contributed by atoms with Gasteiger partial charge < -0.3 is 20.3 Å². The number of anilines is 3. The molecule has 39 heavy (non-hydrogen) atoms. The van der Waals surface area contributed by atoms with Crippen molar-refractivity contribution >= 4 is 34.7 Å². The number of ether oxygens (including phenoxy) is 1. The lowest BCUT2D eigenvalue weighted by Crippen LogP contribution is -2.41. The van der Waals surface area contributed by atoms with Crippen molar-refractivity contribution in [2.45, 2.75) is 63.5 Å². The summed E-state index contributed by atoms with van der Waals surface area (Å²) in [7, 11) is 0. The molecule has 6 rings (SSSR count). The van der Waals surface area contributed by atoms with E-state index in [1.165, 1.54) is 6.42 Å². The van der Waals surface area contributed by atoms with Gasteiger partial charge in [0.05, 0.1) is 18.8 Å². The van der Waals surface area contributed by atoms with E-state index in [2.05, 4.69) is 20.6 Å². The second-order valence-electron chi connectivity index (χ2n) is 10.7. The second-order valence-corrected chi connectivity index (χ2v) is 10.7. The van der Waals surface area contributed by atoms with Crippen LogP contribution in [0.2, 0.25) is 0 Å². The van der Waals surface area contributed by atoms with E-state index in [9.17, 15) is 18.0 Å². The van der Waals surface area contributed by atoms with Gasteiger partial charge in [-0.2, -0.15) is 4.98 Å². The summed E-state index contributed by atoms with van der Waals surface area (Å²) in [4.78, 5) is 28.6. The van der Waals surface area contributed by atoms with Gasteiger partial charge in [-0.05, 0) is 51.4 Å². The smallest absolute Gasteiger partial charge is 0.225 e. The van der Waals surface area contributed by atoms with Crippen molar-refractivity contribution < 1.29 is 22.7 Å². The van der Waals surface area contributed by atoms with E-state index >= 15 is 0 Å². The molecule has 2 saturated heterocycles. The standard InChI is InChI=1S/C27H32F3N7O2/c28-17-12-20(29)23(21(30)13-17)34-27-33-22-14-31-26(35-24(22)37(27)19-8-11-39-15-19)32-18-6-4-16(5-7-18)25(38)36-9-2-1-3-10-36/h12-14,16,18-19H,1-11,15H2,(H,33,34)(H,31,32,35)/t16-,18-,19-/m1/s1.